The van der Waals surface area contributed by atoms with E-state index in [-0.39, 0.29) is 0 Å². The molecule has 0 fully saturated rings. The van der Waals surface area contributed by atoms with Crippen molar-refractivity contribution in [3.63, 3.8) is 0 Å². The molecule has 1 aliphatic rings. The molecule has 182 valence electrons. The molecular formula is C30H17N3O3S2. The zero-order valence-electron chi connectivity index (χ0n) is 19.7. The summed E-state index contributed by atoms with van der Waals surface area (Å²) in [5.41, 5.74) is 5.27. The van der Waals surface area contributed by atoms with Crippen LogP contribution in [0, 0.1) is 0 Å². The SMILES string of the molecule is c1ccc2c(c1)OC(c1c(-c3ncco3)ccc(-c3nsc4ccccc34)c1-c1nc3ccccc3s1)O2. The lowest BCUT2D eigenvalue weighted by atomic mass is 9.92. The molecule has 8 heteroatoms. The second kappa shape index (κ2) is 8.51. The summed E-state index contributed by atoms with van der Waals surface area (Å²) < 4.78 is 25.7. The topological polar surface area (TPSA) is 70.3 Å². The predicted octanol–water partition coefficient (Wildman–Crippen LogP) is 8.37. The first kappa shape index (κ1) is 21.5. The number of rotatable bonds is 4. The van der Waals surface area contributed by atoms with Gasteiger partial charge in [0.15, 0.2) is 11.5 Å². The van der Waals surface area contributed by atoms with Gasteiger partial charge in [0.1, 0.15) is 11.3 Å². The maximum absolute atomic E-state index is 6.40. The van der Waals surface area contributed by atoms with Crippen LogP contribution in [0.3, 0.4) is 0 Å². The van der Waals surface area contributed by atoms with E-state index in [1.807, 2.05) is 60.7 Å². The molecule has 0 bridgehead atoms. The highest BCUT2D eigenvalue weighted by molar-refractivity contribution is 7.21. The molecule has 0 atom stereocenters. The Kier molecular flexibility index (Phi) is 4.83. The summed E-state index contributed by atoms with van der Waals surface area (Å²) in [6.07, 6.45) is 2.49. The number of fused-ring (bicyclic) bond motifs is 3. The number of oxazole rings is 1. The first-order valence-electron chi connectivity index (χ1n) is 12.0. The summed E-state index contributed by atoms with van der Waals surface area (Å²) in [7, 11) is 0. The van der Waals surface area contributed by atoms with Crippen molar-refractivity contribution in [1.82, 2.24) is 14.3 Å². The molecule has 3 aromatic heterocycles. The Balaban J connectivity index is 1.46. The molecule has 0 saturated heterocycles. The van der Waals surface area contributed by atoms with Gasteiger partial charge in [-0.25, -0.2) is 9.97 Å². The fraction of sp³-hybridized carbons (Fsp3) is 0.0333. The summed E-state index contributed by atoms with van der Waals surface area (Å²) in [6.45, 7) is 0. The maximum atomic E-state index is 6.40. The van der Waals surface area contributed by atoms with Crippen LogP contribution in [0.2, 0.25) is 0 Å². The number of benzene rings is 4. The van der Waals surface area contributed by atoms with Gasteiger partial charge in [0.2, 0.25) is 5.89 Å². The Morgan fingerprint density at radius 3 is 2.26 bits per heavy atom. The van der Waals surface area contributed by atoms with E-state index in [4.69, 9.17) is 23.2 Å². The molecule has 0 spiro atoms. The van der Waals surface area contributed by atoms with Gasteiger partial charge in [-0.05, 0) is 47.9 Å². The summed E-state index contributed by atoms with van der Waals surface area (Å²) in [6, 6.07) is 28.2. The first-order valence-corrected chi connectivity index (χ1v) is 13.6. The zero-order valence-corrected chi connectivity index (χ0v) is 21.3. The Morgan fingerprint density at radius 2 is 1.47 bits per heavy atom. The third kappa shape index (κ3) is 3.34. The minimum Gasteiger partial charge on any atom is -0.447 e. The van der Waals surface area contributed by atoms with Crippen molar-refractivity contribution >= 4 is 43.2 Å². The van der Waals surface area contributed by atoms with Gasteiger partial charge in [-0.15, -0.1) is 11.3 Å². The van der Waals surface area contributed by atoms with E-state index in [2.05, 4.69) is 29.2 Å². The van der Waals surface area contributed by atoms with E-state index in [9.17, 15) is 0 Å². The van der Waals surface area contributed by atoms with Crippen LogP contribution in [0.25, 0.3) is 53.6 Å². The van der Waals surface area contributed by atoms with Gasteiger partial charge in [-0.2, -0.15) is 4.37 Å². The Morgan fingerprint density at radius 1 is 0.737 bits per heavy atom. The lowest BCUT2D eigenvalue weighted by Crippen LogP contribution is -2.12. The van der Waals surface area contributed by atoms with E-state index in [0.717, 1.165) is 53.3 Å². The van der Waals surface area contributed by atoms with Crippen molar-refractivity contribution in [2.24, 2.45) is 0 Å². The smallest absolute Gasteiger partial charge is 0.269 e. The van der Waals surface area contributed by atoms with Gasteiger partial charge in [0.25, 0.3) is 6.29 Å². The molecule has 1 aliphatic heterocycles. The van der Waals surface area contributed by atoms with Crippen molar-refractivity contribution in [2.75, 3.05) is 0 Å². The van der Waals surface area contributed by atoms with Crippen molar-refractivity contribution in [3.05, 3.63) is 103 Å². The minimum atomic E-state index is -0.721. The van der Waals surface area contributed by atoms with Gasteiger partial charge in [0.05, 0.1) is 32.4 Å². The Hall–Kier alpha value is -4.53. The van der Waals surface area contributed by atoms with Crippen molar-refractivity contribution in [3.8, 4) is 44.8 Å². The number of aromatic nitrogens is 3. The standard InChI is InChI=1S/C30H17N3O3S2/c1-5-11-23-17(7-1)27(33-38-23)18-13-14-19(28-31-15-16-34-28)26(30-35-21-9-3-4-10-22(21)36-30)25(18)29-32-20-8-2-6-12-24(20)37-29/h1-16,30H. The third-order valence-corrected chi connectivity index (χ3v) is 8.48. The highest BCUT2D eigenvalue weighted by atomic mass is 32.1. The number of nitrogens with zero attached hydrogens (tertiary/aromatic N) is 3. The van der Waals surface area contributed by atoms with Gasteiger partial charge in [0, 0.05) is 22.1 Å². The molecule has 6 nitrogen and oxygen atoms in total. The van der Waals surface area contributed by atoms with Crippen LogP contribution in [0.15, 0.2) is 102 Å². The molecule has 0 N–H and O–H groups in total. The largest absolute Gasteiger partial charge is 0.447 e. The fourth-order valence-corrected chi connectivity index (χ4v) is 6.74. The molecule has 0 unspecified atom stereocenters. The number of thiazole rings is 1. The number of ether oxygens (including phenoxy) is 2. The average molecular weight is 532 g/mol. The molecule has 38 heavy (non-hydrogen) atoms. The summed E-state index contributed by atoms with van der Waals surface area (Å²) >= 11 is 3.12. The molecule has 0 radical (unpaired) electrons. The summed E-state index contributed by atoms with van der Waals surface area (Å²) in [5, 5.41) is 1.94. The number of para-hydroxylation sites is 3. The highest BCUT2D eigenvalue weighted by Gasteiger charge is 2.34. The van der Waals surface area contributed by atoms with Gasteiger partial charge < -0.3 is 13.9 Å². The predicted molar refractivity (Wildman–Crippen MR) is 150 cm³/mol. The molecule has 0 aliphatic carbocycles. The number of hydrogen-bond acceptors (Lipinski definition) is 8. The van der Waals surface area contributed by atoms with Crippen LogP contribution < -0.4 is 9.47 Å². The van der Waals surface area contributed by atoms with Crippen molar-refractivity contribution in [1.29, 1.82) is 0 Å². The van der Waals surface area contributed by atoms with E-state index < -0.39 is 6.29 Å². The quantitative estimate of drug-likeness (QED) is 0.227. The second-order valence-corrected chi connectivity index (χ2v) is 10.7. The molecule has 0 saturated carbocycles. The van der Waals surface area contributed by atoms with E-state index in [0.29, 0.717) is 17.4 Å². The molecule has 8 rings (SSSR count). The van der Waals surface area contributed by atoms with Crippen LogP contribution in [-0.4, -0.2) is 14.3 Å². The molecular weight excluding hydrogens is 514 g/mol. The van der Waals surface area contributed by atoms with Gasteiger partial charge in [-0.3, -0.25) is 0 Å². The van der Waals surface area contributed by atoms with Crippen molar-refractivity contribution in [2.45, 2.75) is 6.29 Å². The summed E-state index contributed by atoms with van der Waals surface area (Å²) in [4.78, 5) is 9.55. The van der Waals surface area contributed by atoms with Crippen LogP contribution in [0.4, 0.5) is 0 Å². The highest BCUT2D eigenvalue weighted by Crippen LogP contribution is 2.50. The molecule has 0 amide bonds. The maximum Gasteiger partial charge on any atom is 0.269 e. The normalized spacial score (nSPS) is 13.1. The van der Waals surface area contributed by atoms with E-state index >= 15 is 0 Å². The minimum absolute atomic E-state index is 0.486. The summed E-state index contributed by atoms with van der Waals surface area (Å²) in [5.74, 6) is 1.87. The molecule has 7 aromatic rings. The van der Waals surface area contributed by atoms with Crippen molar-refractivity contribution < 1.29 is 13.9 Å². The third-order valence-electron chi connectivity index (χ3n) is 6.60. The fourth-order valence-electron chi connectivity index (χ4n) is 4.91. The lowest BCUT2D eigenvalue weighted by Gasteiger charge is -2.20. The Labute approximate surface area is 224 Å². The average Bonchev–Trinajstić information content (AvgIpc) is 3.77. The Bertz CT molecular complexity index is 1900. The lowest BCUT2D eigenvalue weighted by molar-refractivity contribution is 0.0496. The van der Waals surface area contributed by atoms with Crippen LogP contribution >= 0.6 is 22.9 Å². The van der Waals surface area contributed by atoms with E-state index in [1.165, 1.54) is 11.5 Å². The van der Waals surface area contributed by atoms with E-state index in [1.54, 1.807) is 23.8 Å². The monoisotopic (exact) mass is 531 g/mol. The van der Waals surface area contributed by atoms with Crippen LogP contribution in [0.1, 0.15) is 11.9 Å². The number of hydrogen-bond donors (Lipinski definition) is 0. The van der Waals surface area contributed by atoms with Crippen LogP contribution in [0.5, 0.6) is 11.5 Å². The van der Waals surface area contributed by atoms with Gasteiger partial charge >= 0.3 is 0 Å². The zero-order chi connectivity index (χ0) is 25.1. The van der Waals surface area contributed by atoms with Gasteiger partial charge in [-0.1, -0.05) is 48.5 Å². The molecule has 4 aromatic carbocycles. The van der Waals surface area contributed by atoms with Crippen LogP contribution in [-0.2, 0) is 0 Å². The molecule has 4 heterocycles. The first-order chi connectivity index (χ1) is 18.8. The second-order valence-electron chi connectivity index (χ2n) is 8.82.